The average Bonchev–Trinajstić information content (AvgIpc) is 1.75. The van der Waals surface area contributed by atoms with Crippen LogP contribution >= 0.6 is 11.6 Å². The topological polar surface area (TPSA) is 26.0 Å². The maximum atomic E-state index is 5.14. The van der Waals surface area contributed by atoms with E-state index >= 15 is 0 Å². The number of hydrogen-bond donors (Lipinski definition) is 1. The van der Waals surface area contributed by atoms with Crippen LogP contribution in [-0.4, -0.2) is 12.9 Å². The zero-order valence-corrected chi connectivity index (χ0v) is 5.83. The van der Waals surface area contributed by atoms with E-state index in [2.05, 4.69) is 18.5 Å². The predicted molar refractivity (Wildman–Crippen MR) is 35.7 cm³/mol. The predicted octanol–water partition coefficient (Wildman–Crippen LogP) is 1.60. The minimum atomic E-state index is 0.844. The van der Waals surface area contributed by atoms with Gasteiger partial charge in [0.1, 0.15) is 0 Å². The molecule has 7 heavy (non-hydrogen) atoms. The van der Waals surface area contributed by atoms with Gasteiger partial charge in [-0.1, -0.05) is 13.3 Å². The summed E-state index contributed by atoms with van der Waals surface area (Å²) in [5.74, 6) is 0. The van der Waals surface area contributed by atoms with Gasteiger partial charge in [0.15, 0.2) is 0 Å². The fraction of sp³-hybridized carbons (Fsp3) is 1.00. The van der Waals surface area contributed by atoms with Crippen molar-refractivity contribution in [1.29, 1.82) is 0 Å². The molecule has 0 atom stereocenters. The molecule has 0 saturated carbocycles. The third-order valence-electron chi connectivity index (χ3n) is 0.558. The van der Waals surface area contributed by atoms with Gasteiger partial charge in [0, 0.05) is 6.38 Å². The Labute approximate surface area is 50.8 Å². The maximum absolute atomic E-state index is 5.14. The molecule has 0 bridgehead atoms. The second kappa shape index (κ2) is 16.3. The van der Waals surface area contributed by atoms with Gasteiger partial charge in [0.25, 0.3) is 0 Å². The molecule has 0 aliphatic carbocycles. The zero-order valence-electron chi connectivity index (χ0n) is 5.08. The molecule has 2 heteroatoms. The summed E-state index contributed by atoms with van der Waals surface area (Å²) in [5.41, 5.74) is 5.14. The Morgan fingerprint density at radius 3 is 1.86 bits per heavy atom. The molecule has 0 aliphatic heterocycles. The summed E-state index contributed by atoms with van der Waals surface area (Å²) < 4.78 is 0. The molecule has 0 aromatic rings. The van der Waals surface area contributed by atoms with Gasteiger partial charge in [0.05, 0.1) is 0 Å². The highest BCUT2D eigenvalue weighted by Gasteiger charge is 1.67. The lowest BCUT2D eigenvalue weighted by Crippen LogP contribution is -1.95. The quantitative estimate of drug-likeness (QED) is 0.555. The van der Waals surface area contributed by atoms with Crippen LogP contribution in [0.4, 0.5) is 0 Å². The van der Waals surface area contributed by atoms with Gasteiger partial charge in [-0.2, -0.15) is 0 Å². The number of rotatable bonds is 2. The summed E-state index contributed by atoms with van der Waals surface area (Å²) in [4.78, 5) is 0. The molecule has 0 radical (unpaired) electrons. The number of halogens is 1. The van der Waals surface area contributed by atoms with Crippen LogP contribution in [0.15, 0.2) is 0 Å². The Morgan fingerprint density at radius 2 is 1.86 bits per heavy atom. The molecule has 0 amide bonds. The maximum Gasteiger partial charge on any atom is 0.0108 e. The van der Waals surface area contributed by atoms with Crippen LogP contribution in [0.5, 0.6) is 0 Å². The first-order valence-electron chi connectivity index (χ1n) is 2.49. The first kappa shape index (κ1) is 10.3. The van der Waals surface area contributed by atoms with E-state index < -0.39 is 0 Å². The first-order valence-corrected chi connectivity index (χ1v) is 3.25. The van der Waals surface area contributed by atoms with Crippen molar-refractivity contribution in [3.8, 4) is 0 Å². The molecule has 1 nitrogen and oxygen atoms in total. The molecular formula is C5H14ClN. The lowest BCUT2D eigenvalue weighted by molar-refractivity contribution is 0.807. The Morgan fingerprint density at radius 1 is 1.43 bits per heavy atom. The third-order valence-corrected chi connectivity index (χ3v) is 0.558. The normalized spacial score (nSPS) is 6.86. The second-order valence-electron chi connectivity index (χ2n) is 1.14. The van der Waals surface area contributed by atoms with E-state index in [1.165, 1.54) is 19.2 Å². The summed E-state index contributed by atoms with van der Waals surface area (Å²) in [7, 11) is 0. The van der Waals surface area contributed by atoms with Crippen molar-refractivity contribution in [2.24, 2.45) is 5.73 Å². The molecule has 0 aliphatic rings. The Balaban J connectivity index is 0. The molecule has 0 heterocycles. The molecular weight excluding hydrogens is 110 g/mol. The van der Waals surface area contributed by atoms with E-state index in [1.807, 2.05) is 0 Å². The van der Waals surface area contributed by atoms with Crippen molar-refractivity contribution < 1.29 is 0 Å². The Kier molecular flexibility index (Phi) is 23.9. The highest BCUT2D eigenvalue weighted by atomic mass is 35.5. The van der Waals surface area contributed by atoms with E-state index in [0.29, 0.717) is 0 Å². The van der Waals surface area contributed by atoms with Crippen LogP contribution in [0, 0.1) is 0 Å². The number of alkyl halides is 1. The molecule has 0 fully saturated rings. The highest BCUT2D eigenvalue weighted by Crippen LogP contribution is 1.77. The molecule has 46 valence electrons. The molecule has 2 N–H and O–H groups in total. The molecule has 0 saturated heterocycles. The molecule has 0 unspecified atom stereocenters. The van der Waals surface area contributed by atoms with Gasteiger partial charge in [-0.05, 0) is 13.0 Å². The second-order valence-corrected chi connectivity index (χ2v) is 1.14. The van der Waals surface area contributed by atoms with Gasteiger partial charge in [-0.15, -0.1) is 11.6 Å². The van der Waals surface area contributed by atoms with Crippen LogP contribution in [0.3, 0.4) is 0 Å². The fourth-order valence-electron chi connectivity index (χ4n) is 0.204. The lowest BCUT2D eigenvalue weighted by atomic mass is 10.3. The summed E-state index contributed by atoms with van der Waals surface area (Å²) in [6.45, 7) is 2.98. The van der Waals surface area contributed by atoms with Gasteiger partial charge in [-0.25, -0.2) is 0 Å². The van der Waals surface area contributed by atoms with Crippen LogP contribution < -0.4 is 5.73 Å². The SMILES string of the molecule is CCCCN.CCl. The van der Waals surface area contributed by atoms with E-state index in [9.17, 15) is 0 Å². The number of nitrogens with two attached hydrogens (primary N) is 1. The minimum Gasteiger partial charge on any atom is -0.330 e. The summed E-state index contributed by atoms with van der Waals surface area (Å²) in [5, 5.41) is 0. The van der Waals surface area contributed by atoms with E-state index in [4.69, 9.17) is 5.73 Å². The Bertz CT molecular complexity index is 15.6. The lowest BCUT2D eigenvalue weighted by Gasteiger charge is -1.80. The smallest absolute Gasteiger partial charge is 0.0108 e. The Hall–Kier alpha value is 0.250. The molecule has 0 rings (SSSR count). The summed E-state index contributed by atoms with van der Waals surface area (Å²) >= 11 is 4.64. The standard InChI is InChI=1S/C4H11N.CH3Cl/c1-2-3-4-5;1-2/h2-5H2,1H3;1H3. The first-order chi connectivity index (χ1) is 3.41. The summed E-state index contributed by atoms with van der Waals surface area (Å²) in [6.07, 6.45) is 3.86. The molecule has 0 aromatic carbocycles. The zero-order chi connectivity index (χ0) is 6.12. The van der Waals surface area contributed by atoms with Gasteiger partial charge >= 0.3 is 0 Å². The van der Waals surface area contributed by atoms with Crippen LogP contribution in [0.2, 0.25) is 0 Å². The fourth-order valence-corrected chi connectivity index (χ4v) is 0.204. The van der Waals surface area contributed by atoms with Gasteiger partial charge in [0.2, 0.25) is 0 Å². The average molecular weight is 124 g/mol. The largest absolute Gasteiger partial charge is 0.330 e. The van der Waals surface area contributed by atoms with Crippen molar-refractivity contribution in [3.05, 3.63) is 0 Å². The van der Waals surface area contributed by atoms with Crippen molar-refractivity contribution in [1.82, 2.24) is 0 Å². The van der Waals surface area contributed by atoms with Crippen molar-refractivity contribution in [2.45, 2.75) is 19.8 Å². The monoisotopic (exact) mass is 123 g/mol. The van der Waals surface area contributed by atoms with E-state index in [0.717, 1.165) is 6.54 Å². The van der Waals surface area contributed by atoms with Crippen molar-refractivity contribution in [3.63, 3.8) is 0 Å². The van der Waals surface area contributed by atoms with E-state index in [1.54, 1.807) is 0 Å². The highest BCUT2D eigenvalue weighted by molar-refractivity contribution is 6.15. The van der Waals surface area contributed by atoms with Gasteiger partial charge < -0.3 is 5.73 Å². The van der Waals surface area contributed by atoms with Crippen LogP contribution in [0.25, 0.3) is 0 Å². The molecule has 0 aromatic heterocycles. The van der Waals surface area contributed by atoms with Crippen LogP contribution in [0.1, 0.15) is 19.8 Å². The van der Waals surface area contributed by atoms with Crippen molar-refractivity contribution in [2.75, 3.05) is 12.9 Å². The van der Waals surface area contributed by atoms with Crippen LogP contribution in [-0.2, 0) is 0 Å². The van der Waals surface area contributed by atoms with Gasteiger partial charge in [-0.3, -0.25) is 0 Å². The minimum absolute atomic E-state index is 0.844. The summed E-state index contributed by atoms with van der Waals surface area (Å²) in [6, 6.07) is 0. The number of unbranched alkanes of at least 4 members (excludes halogenated alkanes) is 1. The van der Waals surface area contributed by atoms with Crippen molar-refractivity contribution >= 4 is 11.6 Å². The molecule has 0 spiro atoms. The third kappa shape index (κ3) is 22.3. The van der Waals surface area contributed by atoms with E-state index in [-0.39, 0.29) is 0 Å². The number of hydrogen-bond acceptors (Lipinski definition) is 1.